The van der Waals surface area contributed by atoms with Crippen molar-refractivity contribution >= 4 is 11.7 Å². The van der Waals surface area contributed by atoms with Crippen LogP contribution in [0.15, 0.2) is 30.5 Å². The van der Waals surface area contributed by atoms with Crippen molar-refractivity contribution in [3.05, 3.63) is 47.3 Å². The van der Waals surface area contributed by atoms with Crippen molar-refractivity contribution in [2.24, 2.45) is 7.05 Å². The first-order valence-electron chi connectivity index (χ1n) is 6.66. The van der Waals surface area contributed by atoms with E-state index in [0.717, 1.165) is 12.1 Å². The Morgan fingerprint density at radius 1 is 1.45 bits per heavy atom. The molecule has 0 aliphatic carbocycles. The molecular formula is C15H17N3O2. The molecule has 1 aliphatic rings. The van der Waals surface area contributed by atoms with Gasteiger partial charge in [-0.2, -0.15) is 5.10 Å². The Morgan fingerprint density at radius 2 is 2.20 bits per heavy atom. The van der Waals surface area contributed by atoms with Crippen LogP contribution >= 0.6 is 0 Å². The van der Waals surface area contributed by atoms with Gasteiger partial charge in [-0.3, -0.25) is 4.68 Å². The maximum atomic E-state index is 11.3. The lowest BCUT2D eigenvalue weighted by atomic mass is 10.1. The van der Waals surface area contributed by atoms with Crippen molar-refractivity contribution < 1.29 is 9.90 Å². The van der Waals surface area contributed by atoms with Gasteiger partial charge in [0.1, 0.15) is 5.56 Å². The van der Waals surface area contributed by atoms with Crippen LogP contribution in [0.5, 0.6) is 0 Å². The predicted molar refractivity (Wildman–Crippen MR) is 76.0 cm³/mol. The molecule has 3 rings (SSSR count). The van der Waals surface area contributed by atoms with Crippen LogP contribution in [0.4, 0.5) is 5.69 Å². The average molecular weight is 271 g/mol. The van der Waals surface area contributed by atoms with Gasteiger partial charge in [-0.1, -0.05) is 18.2 Å². The Balaban J connectivity index is 1.96. The molecule has 1 aliphatic heterocycles. The van der Waals surface area contributed by atoms with Gasteiger partial charge in [0.25, 0.3) is 0 Å². The molecule has 0 bridgehead atoms. The second kappa shape index (κ2) is 4.67. The number of hydrogen-bond donors (Lipinski definition) is 1. The molecule has 0 radical (unpaired) electrons. The molecule has 5 heteroatoms. The molecular weight excluding hydrogens is 254 g/mol. The highest BCUT2D eigenvalue weighted by Gasteiger charge is 2.28. The highest BCUT2D eigenvalue weighted by Crippen LogP contribution is 2.33. The fraction of sp³-hybridized carbons (Fsp3) is 0.333. The van der Waals surface area contributed by atoms with E-state index < -0.39 is 5.97 Å². The fourth-order valence-corrected chi connectivity index (χ4v) is 2.86. The van der Waals surface area contributed by atoms with E-state index in [1.807, 2.05) is 12.1 Å². The minimum atomic E-state index is -0.923. The van der Waals surface area contributed by atoms with Crippen LogP contribution in [0.1, 0.15) is 28.5 Å². The fourth-order valence-electron chi connectivity index (χ4n) is 2.86. The van der Waals surface area contributed by atoms with Gasteiger partial charge >= 0.3 is 5.97 Å². The van der Waals surface area contributed by atoms with Crippen LogP contribution in [0, 0.1) is 0 Å². The third-order valence-corrected chi connectivity index (χ3v) is 3.96. The third-order valence-electron chi connectivity index (χ3n) is 3.96. The van der Waals surface area contributed by atoms with Crippen molar-refractivity contribution in [3.8, 4) is 0 Å². The van der Waals surface area contributed by atoms with E-state index in [1.165, 1.54) is 17.4 Å². The number of nitrogens with zero attached hydrogens (tertiary/aromatic N) is 3. The maximum Gasteiger partial charge on any atom is 0.339 e. The number of carboxylic acids is 1. The van der Waals surface area contributed by atoms with Crippen molar-refractivity contribution in [2.75, 3.05) is 4.90 Å². The summed E-state index contributed by atoms with van der Waals surface area (Å²) in [6.45, 7) is 2.73. The summed E-state index contributed by atoms with van der Waals surface area (Å²) in [4.78, 5) is 13.5. The highest BCUT2D eigenvalue weighted by molar-refractivity contribution is 5.88. The first-order valence-corrected chi connectivity index (χ1v) is 6.66. The smallest absolute Gasteiger partial charge is 0.339 e. The summed E-state index contributed by atoms with van der Waals surface area (Å²) in [6.07, 6.45) is 2.42. The monoisotopic (exact) mass is 271 g/mol. The topological polar surface area (TPSA) is 58.4 Å². The Hall–Kier alpha value is -2.30. The highest BCUT2D eigenvalue weighted by atomic mass is 16.4. The number of anilines is 1. The molecule has 1 N–H and O–H groups in total. The van der Waals surface area contributed by atoms with Crippen LogP contribution < -0.4 is 4.90 Å². The van der Waals surface area contributed by atoms with Crippen LogP contribution in [0.25, 0.3) is 0 Å². The molecule has 0 amide bonds. The van der Waals surface area contributed by atoms with E-state index in [4.69, 9.17) is 0 Å². The molecule has 104 valence electrons. The van der Waals surface area contributed by atoms with E-state index in [1.54, 1.807) is 11.7 Å². The average Bonchev–Trinajstić information content (AvgIpc) is 2.92. The number of hydrogen-bond acceptors (Lipinski definition) is 3. The summed E-state index contributed by atoms with van der Waals surface area (Å²) in [6, 6.07) is 8.65. The minimum Gasteiger partial charge on any atom is -0.478 e. The van der Waals surface area contributed by atoms with Gasteiger partial charge in [-0.15, -0.1) is 0 Å². The van der Waals surface area contributed by atoms with E-state index in [-0.39, 0.29) is 5.56 Å². The molecule has 2 aromatic rings. The van der Waals surface area contributed by atoms with Crippen molar-refractivity contribution in [2.45, 2.75) is 25.9 Å². The number of fused-ring (bicyclic) bond motifs is 1. The van der Waals surface area contributed by atoms with Gasteiger partial charge in [-0.05, 0) is 25.0 Å². The molecule has 5 nitrogen and oxygen atoms in total. The number of aryl methyl sites for hydroxylation is 1. The summed E-state index contributed by atoms with van der Waals surface area (Å²) in [5.41, 5.74) is 3.53. The van der Waals surface area contributed by atoms with E-state index in [0.29, 0.717) is 12.6 Å². The summed E-state index contributed by atoms with van der Waals surface area (Å²) >= 11 is 0. The normalized spacial score (nSPS) is 17.3. The largest absolute Gasteiger partial charge is 0.478 e. The molecule has 1 atom stereocenters. The zero-order valence-electron chi connectivity index (χ0n) is 11.6. The summed E-state index contributed by atoms with van der Waals surface area (Å²) in [7, 11) is 1.79. The van der Waals surface area contributed by atoms with Gasteiger partial charge < -0.3 is 10.0 Å². The van der Waals surface area contributed by atoms with Gasteiger partial charge in [0.2, 0.25) is 0 Å². The predicted octanol–water partition coefficient (Wildman–Crippen LogP) is 2.07. The number of rotatable bonds is 3. The molecule has 20 heavy (non-hydrogen) atoms. The summed E-state index contributed by atoms with van der Waals surface area (Å²) in [5, 5.41) is 13.3. The second-order valence-corrected chi connectivity index (χ2v) is 5.24. The van der Waals surface area contributed by atoms with E-state index in [9.17, 15) is 9.90 Å². The zero-order chi connectivity index (χ0) is 14.3. The molecule has 0 saturated heterocycles. The van der Waals surface area contributed by atoms with Crippen molar-refractivity contribution in [1.82, 2.24) is 9.78 Å². The maximum absolute atomic E-state index is 11.3. The first kappa shape index (κ1) is 12.7. The molecule has 1 unspecified atom stereocenters. The molecule has 0 saturated carbocycles. The van der Waals surface area contributed by atoms with E-state index >= 15 is 0 Å². The first-order chi connectivity index (χ1) is 9.58. The number of aromatic nitrogens is 2. The number of para-hydroxylation sites is 1. The number of benzene rings is 1. The Bertz CT molecular complexity index is 663. The standard InChI is InChI=1S/C15H17N3O2/c1-10-7-11-5-3-4-6-13(11)18(10)9-14-12(15(19)20)8-16-17(14)2/h3-6,8,10H,7,9H2,1-2H3,(H,19,20). The van der Waals surface area contributed by atoms with E-state index in [2.05, 4.69) is 29.1 Å². The molecule has 1 aromatic heterocycles. The van der Waals surface area contributed by atoms with Crippen molar-refractivity contribution in [1.29, 1.82) is 0 Å². The lowest BCUT2D eigenvalue weighted by molar-refractivity contribution is 0.0695. The SMILES string of the molecule is CC1Cc2ccccc2N1Cc1c(C(=O)O)cnn1C. The number of aromatic carboxylic acids is 1. The molecule has 0 fully saturated rings. The summed E-state index contributed by atoms with van der Waals surface area (Å²) < 4.78 is 1.65. The van der Waals surface area contributed by atoms with Gasteiger partial charge in [0, 0.05) is 18.8 Å². The Labute approximate surface area is 117 Å². The number of carboxylic acid groups (broad SMARTS) is 1. The quantitative estimate of drug-likeness (QED) is 0.928. The zero-order valence-corrected chi connectivity index (χ0v) is 11.6. The second-order valence-electron chi connectivity index (χ2n) is 5.24. The van der Waals surface area contributed by atoms with Crippen molar-refractivity contribution in [3.63, 3.8) is 0 Å². The van der Waals surface area contributed by atoms with Crippen LogP contribution in [-0.2, 0) is 20.0 Å². The van der Waals surface area contributed by atoms with Gasteiger partial charge in [0.15, 0.2) is 0 Å². The molecule has 1 aromatic carbocycles. The molecule has 0 spiro atoms. The Morgan fingerprint density at radius 3 is 2.95 bits per heavy atom. The van der Waals surface area contributed by atoms with Crippen LogP contribution in [-0.4, -0.2) is 26.9 Å². The lowest BCUT2D eigenvalue weighted by Gasteiger charge is -2.25. The minimum absolute atomic E-state index is 0.282. The van der Waals surface area contributed by atoms with Gasteiger partial charge in [0.05, 0.1) is 18.4 Å². The van der Waals surface area contributed by atoms with Crippen LogP contribution in [0.3, 0.4) is 0 Å². The summed E-state index contributed by atoms with van der Waals surface area (Å²) in [5.74, 6) is -0.923. The van der Waals surface area contributed by atoms with Gasteiger partial charge in [-0.25, -0.2) is 4.79 Å². The lowest BCUT2D eigenvalue weighted by Crippen LogP contribution is -2.30. The molecule has 2 heterocycles. The number of carbonyl (C=O) groups is 1. The van der Waals surface area contributed by atoms with Crippen LogP contribution in [0.2, 0.25) is 0 Å². The Kier molecular flexibility index (Phi) is 2.97. The third kappa shape index (κ3) is 1.95.